The highest BCUT2D eigenvalue weighted by molar-refractivity contribution is 6.38. The molecule has 2 amide bonds. The molecule has 0 bridgehead atoms. The average Bonchev–Trinajstić information content (AvgIpc) is 3.48. The standard InChI is InChI=1S/C30H33BClFN4O3/c1-36-14-10-22(11-15-36)40-28-18-21(37-12-2-3-13-37)6-7-23(28)29(38)34-26-9-5-20(33)17-24(26)30(39)35-27-8-4-19(31)16-25(27)32/h4-9,16-18,22H,2-3,10-15,31H2,1H3,(H,34,38)(H,35,39). The number of likely N-dealkylation sites (tertiary alicyclic amines) is 1. The summed E-state index contributed by atoms with van der Waals surface area (Å²) in [6, 6.07) is 14.5. The number of piperidine rings is 1. The van der Waals surface area contributed by atoms with Crippen LogP contribution in [0.25, 0.3) is 0 Å². The van der Waals surface area contributed by atoms with E-state index in [0.29, 0.717) is 22.0 Å². The van der Waals surface area contributed by atoms with Crippen molar-refractivity contribution in [2.45, 2.75) is 31.8 Å². The largest absolute Gasteiger partial charge is 0.489 e. The number of benzene rings is 3. The van der Waals surface area contributed by atoms with Gasteiger partial charge < -0.3 is 25.2 Å². The van der Waals surface area contributed by atoms with E-state index in [-0.39, 0.29) is 17.4 Å². The molecule has 10 heteroatoms. The molecule has 0 unspecified atom stereocenters. The summed E-state index contributed by atoms with van der Waals surface area (Å²) in [5.74, 6) is -1.12. The molecule has 0 spiro atoms. The predicted molar refractivity (Wildman–Crippen MR) is 161 cm³/mol. The first-order valence-electron chi connectivity index (χ1n) is 13.7. The van der Waals surface area contributed by atoms with Gasteiger partial charge in [0.25, 0.3) is 11.8 Å². The predicted octanol–water partition coefficient (Wildman–Crippen LogP) is 4.32. The summed E-state index contributed by atoms with van der Waals surface area (Å²) >= 11 is 6.28. The molecule has 0 aromatic heterocycles. The second kappa shape index (κ2) is 12.3. The maximum atomic E-state index is 14.2. The van der Waals surface area contributed by atoms with Crippen LogP contribution in [0.5, 0.6) is 5.75 Å². The molecule has 40 heavy (non-hydrogen) atoms. The molecule has 0 radical (unpaired) electrons. The van der Waals surface area contributed by atoms with Crippen LogP contribution in [0.4, 0.5) is 21.5 Å². The lowest BCUT2D eigenvalue weighted by molar-refractivity contribution is 0.0989. The maximum Gasteiger partial charge on any atom is 0.259 e. The number of hydrogen-bond acceptors (Lipinski definition) is 5. The Hall–Kier alpha value is -3.56. The van der Waals surface area contributed by atoms with E-state index in [0.717, 1.165) is 69.1 Å². The van der Waals surface area contributed by atoms with Crippen LogP contribution in [-0.4, -0.2) is 63.9 Å². The summed E-state index contributed by atoms with van der Waals surface area (Å²) in [5.41, 5.74) is 2.88. The second-order valence-corrected chi connectivity index (χ2v) is 11.0. The van der Waals surface area contributed by atoms with Crippen LogP contribution >= 0.6 is 11.6 Å². The molecule has 2 aliphatic rings. The number of rotatable bonds is 7. The zero-order valence-electron chi connectivity index (χ0n) is 22.8. The van der Waals surface area contributed by atoms with Gasteiger partial charge in [0, 0.05) is 37.9 Å². The number of carbonyl (C=O) groups is 2. The lowest BCUT2D eigenvalue weighted by Crippen LogP contribution is -2.36. The summed E-state index contributed by atoms with van der Waals surface area (Å²) in [7, 11) is 3.98. The fourth-order valence-electron chi connectivity index (χ4n) is 5.16. The Labute approximate surface area is 240 Å². The van der Waals surface area contributed by atoms with Crippen LogP contribution in [0, 0.1) is 5.82 Å². The Morgan fingerprint density at radius 3 is 2.30 bits per heavy atom. The van der Waals surface area contributed by atoms with Gasteiger partial charge in [-0.1, -0.05) is 23.1 Å². The highest BCUT2D eigenvalue weighted by atomic mass is 35.5. The van der Waals surface area contributed by atoms with Crippen LogP contribution in [0.15, 0.2) is 54.6 Å². The molecule has 3 aromatic carbocycles. The molecular formula is C30H33BClFN4O3. The van der Waals surface area contributed by atoms with Gasteiger partial charge in [-0.3, -0.25) is 9.59 Å². The smallest absolute Gasteiger partial charge is 0.259 e. The molecule has 7 nitrogen and oxygen atoms in total. The number of nitrogens with zero attached hydrogens (tertiary/aromatic N) is 2. The quantitative estimate of drug-likeness (QED) is 0.420. The molecule has 0 aliphatic carbocycles. The van der Waals surface area contributed by atoms with E-state index in [1.807, 2.05) is 26.0 Å². The second-order valence-electron chi connectivity index (χ2n) is 10.6. The van der Waals surface area contributed by atoms with Crippen molar-refractivity contribution in [3.63, 3.8) is 0 Å². The van der Waals surface area contributed by atoms with E-state index in [2.05, 4.69) is 27.5 Å². The van der Waals surface area contributed by atoms with Crippen molar-refractivity contribution < 1.29 is 18.7 Å². The van der Waals surface area contributed by atoms with Gasteiger partial charge in [-0.05, 0) is 75.2 Å². The number of nitrogens with one attached hydrogen (secondary N) is 2. The summed E-state index contributed by atoms with van der Waals surface area (Å²) in [4.78, 5) is 31.3. The molecule has 0 atom stereocenters. The van der Waals surface area contributed by atoms with Crippen LogP contribution in [0.2, 0.25) is 5.02 Å². The van der Waals surface area contributed by atoms with Gasteiger partial charge in [0.15, 0.2) is 0 Å². The van der Waals surface area contributed by atoms with Crippen LogP contribution in [0.1, 0.15) is 46.4 Å². The number of ether oxygens (including phenoxy) is 1. The van der Waals surface area contributed by atoms with Crippen molar-refractivity contribution in [1.29, 1.82) is 0 Å². The third kappa shape index (κ3) is 6.59. The fraction of sp³-hybridized carbons (Fsp3) is 0.333. The lowest BCUT2D eigenvalue weighted by Gasteiger charge is -2.30. The Morgan fingerprint density at radius 1 is 0.900 bits per heavy atom. The SMILES string of the molecule is Bc1ccc(NC(=O)c2cc(F)ccc2NC(=O)c2ccc(N3CCCC3)cc2OC2CCN(C)CC2)c(Cl)c1. The lowest BCUT2D eigenvalue weighted by atomic mass is 9.96. The van der Waals surface area contributed by atoms with Crippen molar-refractivity contribution in [2.24, 2.45) is 0 Å². The molecule has 2 heterocycles. The van der Waals surface area contributed by atoms with Crippen LogP contribution < -0.4 is 25.7 Å². The molecular weight excluding hydrogens is 530 g/mol. The average molecular weight is 563 g/mol. The number of amides is 2. The van der Waals surface area contributed by atoms with Gasteiger partial charge >= 0.3 is 0 Å². The highest BCUT2D eigenvalue weighted by Crippen LogP contribution is 2.31. The number of halogens is 2. The number of anilines is 3. The van der Waals surface area contributed by atoms with E-state index < -0.39 is 17.6 Å². The van der Waals surface area contributed by atoms with Gasteiger partial charge in [-0.2, -0.15) is 0 Å². The van der Waals surface area contributed by atoms with E-state index in [9.17, 15) is 14.0 Å². The van der Waals surface area contributed by atoms with E-state index in [1.165, 1.54) is 12.1 Å². The molecule has 0 saturated carbocycles. The summed E-state index contributed by atoms with van der Waals surface area (Å²) < 4.78 is 20.7. The van der Waals surface area contributed by atoms with Crippen molar-refractivity contribution in [1.82, 2.24) is 4.90 Å². The summed E-state index contributed by atoms with van der Waals surface area (Å²) in [5, 5.41) is 5.90. The minimum absolute atomic E-state index is 0.00277. The molecule has 2 N–H and O–H groups in total. The number of carbonyl (C=O) groups excluding carboxylic acids is 2. The molecule has 2 aliphatic heterocycles. The number of hydrogen-bond donors (Lipinski definition) is 2. The molecule has 208 valence electrons. The minimum Gasteiger partial charge on any atom is -0.489 e. The van der Waals surface area contributed by atoms with Crippen molar-refractivity contribution in [3.8, 4) is 5.75 Å². The van der Waals surface area contributed by atoms with Gasteiger partial charge in [0.1, 0.15) is 25.5 Å². The van der Waals surface area contributed by atoms with Crippen molar-refractivity contribution >= 4 is 53.8 Å². The van der Waals surface area contributed by atoms with Gasteiger partial charge in [0.05, 0.1) is 27.5 Å². The van der Waals surface area contributed by atoms with E-state index in [4.69, 9.17) is 16.3 Å². The van der Waals surface area contributed by atoms with Crippen LogP contribution in [0.3, 0.4) is 0 Å². The Bertz CT molecular complexity index is 1410. The van der Waals surface area contributed by atoms with E-state index >= 15 is 0 Å². The molecule has 3 aromatic rings. The molecule has 2 saturated heterocycles. The normalized spacial score (nSPS) is 16.1. The monoisotopic (exact) mass is 562 g/mol. The van der Waals surface area contributed by atoms with Crippen molar-refractivity contribution in [2.75, 3.05) is 48.8 Å². The van der Waals surface area contributed by atoms with Gasteiger partial charge in [-0.15, -0.1) is 0 Å². The fourth-order valence-corrected chi connectivity index (χ4v) is 5.45. The van der Waals surface area contributed by atoms with Crippen molar-refractivity contribution in [3.05, 3.63) is 76.6 Å². The first-order chi connectivity index (χ1) is 19.3. The molecule has 5 rings (SSSR count). The summed E-state index contributed by atoms with van der Waals surface area (Å²) in [6.07, 6.45) is 4.01. The topological polar surface area (TPSA) is 73.9 Å². The minimum atomic E-state index is -0.598. The van der Waals surface area contributed by atoms with Crippen LogP contribution in [-0.2, 0) is 0 Å². The van der Waals surface area contributed by atoms with Gasteiger partial charge in [-0.25, -0.2) is 4.39 Å². The summed E-state index contributed by atoms with van der Waals surface area (Å²) in [6.45, 7) is 3.80. The highest BCUT2D eigenvalue weighted by Gasteiger charge is 2.24. The van der Waals surface area contributed by atoms with E-state index in [1.54, 1.807) is 18.2 Å². The zero-order chi connectivity index (χ0) is 28.2. The first kappa shape index (κ1) is 28.0. The Balaban J connectivity index is 1.40. The Morgan fingerprint density at radius 2 is 1.57 bits per heavy atom. The molecule has 2 fully saturated rings. The maximum absolute atomic E-state index is 14.2. The Kier molecular flexibility index (Phi) is 8.62. The third-order valence-electron chi connectivity index (χ3n) is 7.49. The zero-order valence-corrected chi connectivity index (χ0v) is 23.6. The first-order valence-corrected chi connectivity index (χ1v) is 14.1. The third-order valence-corrected chi connectivity index (χ3v) is 7.80. The van der Waals surface area contributed by atoms with Gasteiger partial charge in [0.2, 0.25) is 0 Å².